The summed E-state index contributed by atoms with van der Waals surface area (Å²) in [4.78, 5) is 27.8. The van der Waals surface area contributed by atoms with Crippen LogP contribution in [0.2, 0.25) is 0 Å². The number of nitrogens with zero attached hydrogens (tertiary/aromatic N) is 2. The molecule has 2 fully saturated rings. The van der Waals surface area contributed by atoms with Crippen LogP contribution < -0.4 is 5.32 Å². The molecule has 0 radical (unpaired) electrons. The van der Waals surface area contributed by atoms with Gasteiger partial charge in [0, 0.05) is 44.7 Å². The van der Waals surface area contributed by atoms with Crippen LogP contribution in [0.4, 0.5) is 4.79 Å². The van der Waals surface area contributed by atoms with Gasteiger partial charge in [-0.15, -0.1) is 0 Å². The predicted molar refractivity (Wildman–Crippen MR) is 105 cm³/mol. The third-order valence-electron chi connectivity index (χ3n) is 5.44. The lowest BCUT2D eigenvalue weighted by Crippen LogP contribution is -2.48. The monoisotopic (exact) mass is 373 g/mol. The SMILES string of the molecule is CCOC(=O)N1CCC(N[C@H]2CC(=O)N(CCCc3ccccc3)C2)CC1. The molecule has 0 saturated carbocycles. The Morgan fingerprint density at radius 1 is 1.19 bits per heavy atom. The van der Waals surface area contributed by atoms with Gasteiger partial charge in [-0.05, 0) is 38.2 Å². The summed E-state index contributed by atoms with van der Waals surface area (Å²) >= 11 is 0. The van der Waals surface area contributed by atoms with Gasteiger partial charge in [-0.1, -0.05) is 30.3 Å². The van der Waals surface area contributed by atoms with E-state index in [-0.39, 0.29) is 18.0 Å². The zero-order chi connectivity index (χ0) is 19.1. The van der Waals surface area contributed by atoms with E-state index in [2.05, 4.69) is 29.6 Å². The summed E-state index contributed by atoms with van der Waals surface area (Å²) in [6.07, 6.45) is 4.21. The van der Waals surface area contributed by atoms with E-state index in [1.807, 2.05) is 17.9 Å². The Morgan fingerprint density at radius 3 is 2.63 bits per heavy atom. The minimum absolute atomic E-state index is 0.211. The van der Waals surface area contributed by atoms with Crippen LogP contribution in [0.15, 0.2) is 30.3 Å². The molecule has 2 aliphatic rings. The first-order valence-electron chi connectivity index (χ1n) is 10.1. The number of carbonyl (C=O) groups is 2. The fourth-order valence-electron chi connectivity index (χ4n) is 4.00. The first-order chi connectivity index (χ1) is 13.2. The molecule has 0 unspecified atom stereocenters. The quantitative estimate of drug-likeness (QED) is 0.797. The summed E-state index contributed by atoms with van der Waals surface area (Å²) in [5, 5.41) is 3.64. The molecule has 6 nitrogen and oxygen atoms in total. The summed E-state index contributed by atoms with van der Waals surface area (Å²) in [5.74, 6) is 0.254. The highest BCUT2D eigenvalue weighted by molar-refractivity contribution is 5.79. The van der Waals surface area contributed by atoms with Crippen LogP contribution in [0.25, 0.3) is 0 Å². The first-order valence-corrected chi connectivity index (χ1v) is 10.1. The predicted octanol–water partition coefficient (Wildman–Crippen LogP) is 2.43. The van der Waals surface area contributed by atoms with Gasteiger partial charge in [0.05, 0.1) is 6.61 Å². The molecule has 1 N–H and O–H groups in total. The van der Waals surface area contributed by atoms with E-state index < -0.39 is 0 Å². The van der Waals surface area contributed by atoms with Gasteiger partial charge < -0.3 is 19.9 Å². The van der Waals surface area contributed by atoms with Crippen LogP contribution in [0.5, 0.6) is 0 Å². The molecule has 3 rings (SSSR count). The Kier molecular flexibility index (Phi) is 7.10. The maximum absolute atomic E-state index is 12.3. The molecule has 1 aromatic rings. The topological polar surface area (TPSA) is 61.9 Å². The number of nitrogens with one attached hydrogen (secondary N) is 1. The summed E-state index contributed by atoms with van der Waals surface area (Å²) in [5.41, 5.74) is 1.33. The van der Waals surface area contributed by atoms with E-state index in [9.17, 15) is 9.59 Å². The van der Waals surface area contributed by atoms with Crippen molar-refractivity contribution in [2.24, 2.45) is 0 Å². The minimum atomic E-state index is -0.211. The molecule has 6 heteroatoms. The van der Waals surface area contributed by atoms with Crippen molar-refractivity contribution in [1.29, 1.82) is 0 Å². The zero-order valence-electron chi connectivity index (χ0n) is 16.2. The Balaban J connectivity index is 1.36. The maximum atomic E-state index is 12.3. The molecular weight excluding hydrogens is 342 g/mol. The molecular formula is C21H31N3O3. The van der Waals surface area contributed by atoms with Crippen molar-refractivity contribution < 1.29 is 14.3 Å². The molecule has 148 valence electrons. The second-order valence-electron chi connectivity index (χ2n) is 7.46. The van der Waals surface area contributed by atoms with Gasteiger partial charge >= 0.3 is 6.09 Å². The first kappa shape index (κ1) is 19.7. The summed E-state index contributed by atoms with van der Waals surface area (Å²) in [7, 11) is 0. The molecule has 2 saturated heterocycles. The number of piperidine rings is 1. The Morgan fingerprint density at radius 2 is 1.93 bits per heavy atom. The molecule has 0 aliphatic carbocycles. The fourth-order valence-corrected chi connectivity index (χ4v) is 4.00. The van der Waals surface area contributed by atoms with E-state index in [4.69, 9.17) is 4.74 Å². The van der Waals surface area contributed by atoms with Crippen molar-refractivity contribution in [1.82, 2.24) is 15.1 Å². The van der Waals surface area contributed by atoms with E-state index >= 15 is 0 Å². The summed E-state index contributed by atoms with van der Waals surface area (Å²) < 4.78 is 5.06. The average Bonchev–Trinajstić information content (AvgIpc) is 3.02. The maximum Gasteiger partial charge on any atom is 0.409 e. The van der Waals surface area contributed by atoms with E-state index in [0.29, 0.717) is 19.1 Å². The van der Waals surface area contributed by atoms with Gasteiger partial charge in [-0.2, -0.15) is 0 Å². The molecule has 2 amide bonds. The number of rotatable bonds is 7. The van der Waals surface area contributed by atoms with Gasteiger partial charge in [0.15, 0.2) is 0 Å². The second-order valence-corrected chi connectivity index (χ2v) is 7.46. The van der Waals surface area contributed by atoms with Crippen LogP contribution in [-0.2, 0) is 16.0 Å². The highest BCUT2D eigenvalue weighted by atomic mass is 16.6. The second kappa shape index (κ2) is 9.74. The Hall–Kier alpha value is -2.08. The number of amides is 2. The third-order valence-corrected chi connectivity index (χ3v) is 5.44. The molecule has 1 atom stereocenters. The normalized spacial score (nSPS) is 20.9. The molecule has 1 aromatic carbocycles. The molecule has 0 aromatic heterocycles. The van der Waals surface area contributed by atoms with Crippen molar-refractivity contribution >= 4 is 12.0 Å². The van der Waals surface area contributed by atoms with Gasteiger partial charge in [0.1, 0.15) is 0 Å². The average molecular weight is 373 g/mol. The van der Waals surface area contributed by atoms with Crippen LogP contribution in [-0.4, -0.2) is 66.7 Å². The smallest absolute Gasteiger partial charge is 0.409 e. The number of aryl methyl sites for hydroxylation is 1. The van der Waals surface area contributed by atoms with E-state index in [0.717, 1.165) is 51.9 Å². The van der Waals surface area contributed by atoms with Crippen LogP contribution in [0.3, 0.4) is 0 Å². The lowest BCUT2D eigenvalue weighted by Gasteiger charge is -2.33. The molecule has 2 heterocycles. The number of likely N-dealkylation sites (tertiary alicyclic amines) is 2. The third kappa shape index (κ3) is 5.70. The van der Waals surface area contributed by atoms with E-state index in [1.165, 1.54) is 5.56 Å². The van der Waals surface area contributed by atoms with Crippen molar-refractivity contribution in [2.75, 3.05) is 32.8 Å². The Bertz CT molecular complexity index is 614. The van der Waals surface area contributed by atoms with Crippen molar-refractivity contribution in [3.63, 3.8) is 0 Å². The number of hydrogen-bond acceptors (Lipinski definition) is 4. The number of hydrogen-bond donors (Lipinski definition) is 1. The summed E-state index contributed by atoms with van der Waals surface area (Å²) in [6, 6.07) is 11.0. The zero-order valence-corrected chi connectivity index (χ0v) is 16.2. The van der Waals surface area contributed by atoms with Gasteiger partial charge in [0.25, 0.3) is 0 Å². The van der Waals surface area contributed by atoms with Gasteiger partial charge in [-0.25, -0.2) is 4.79 Å². The minimum Gasteiger partial charge on any atom is -0.450 e. The highest BCUT2D eigenvalue weighted by Crippen LogP contribution is 2.17. The van der Waals surface area contributed by atoms with Crippen LogP contribution in [0, 0.1) is 0 Å². The standard InChI is InChI=1S/C21H31N3O3/c1-2-27-21(26)23-13-10-18(11-14-23)22-19-15-20(25)24(16-19)12-6-9-17-7-4-3-5-8-17/h3-5,7-8,18-19,22H,2,6,9-16H2,1H3/t19-/m0/s1. The van der Waals surface area contributed by atoms with Crippen LogP contribution >= 0.6 is 0 Å². The van der Waals surface area contributed by atoms with Crippen molar-refractivity contribution in [3.05, 3.63) is 35.9 Å². The molecule has 0 spiro atoms. The van der Waals surface area contributed by atoms with Gasteiger partial charge in [0.2, 0.25) is 5.91 Å². The molecule has 0 bridgehead atoms. The number of ether oxygens (including phenoxy) is 1. The lowest BCUT2D eigenvalue weighted by molar-refractivity contribution is -0.127. The largest absolute Gasteiger partial charge is 0.450 e. The fraction of sp³-hybridized carbons (Fsp3) is 0.619. The highest BCUT2D eigenvalue weighted by Gasteiger charge is 2.32. The summed E-state index contributed by atoms with van der Waals surface area (Å²) in [6.45, 7) is 5.31. The Labute approximate surface area is 161 Å². The van der Waals surface area contributed by atoms with Crippen molar-refractivity contribution in [3.8, 4) is 0 Å². The van der Waals surface area contributed by atoms with Gasteiger partial charge in [-0.3, -0.25) is 4.79 Å². The van der Waals surface area contributed by atoms with Crippen molar-refractivity contribution in [2.45, 2.75) is 51.1 Å². The van der Waals surface area contributed by atoms with Crippen LogP contribution in [0.1, 0.15) is 38.2 Å². The molecule has 2 aliphatic heterocycles. The molecule has 27 heavy (non-hydrogen) atoms. The number of carbonyl (C=O) groups excluding carboxylic acids is 2. The van der Waals surface area contributed by atoms with E-state index in [1.54, 1.807) is 4.90 Å². The number of benzene rings is 1. The lowest BCUT2D eigenvalue weighted by atomic mass is 10.0.